The van der Waals surface area contributed by atoms with Gasteiger partial charge in [0, 0.05) is 17.6 Å². The Kier molecular flexibility index (Phi) is 3.02. The molecule has 0 aromatic carbocycles. The van der Waals surface area contributed by atoms with Gasteiger partial charge in [0.2, 0.25) is 0 Å². The fourth-order valence-electron chi connectivity index (χ4n) is 1.11. The lowest BCUT2D eigenvalue weighted by Gasteiger charge is -2.28. The Labute approximate surface area is 85.1 Å². The van der Waals surface area contributed by atoms with Crippen LogP contribution in [0.5, 0.6) is 0 Å². The molecule has 2 N–H and O–H groups in total. The van der Waals surface area contributed by atoms with Gasteiger partial charge >= 0.3 is 0 Å². The molecule has 0 spiro atoms. The predicted molar refractivity (Wildman–Crippen MR) is 56.0 cm³/mol. The molecule has 0 radical (unpaired) electrons. The molecule has 80 valence electrons. The minimum absolute atomic E-state index is 0.00766. The van der Waals surface area contributed by atoms with E-state index in [4.69, 9.17) is 4.42 Å². The summed E-state index contributed by atoms with van der Waals surface area (Å²) >= 11 is 0. The van der Waals surface area contributed by atoms with Crippen LogP contribution in [0.2, 0.25) is 0 Å². The fourth-order valence-corrected chi connectivity index (χ4v) is 1.11. The van der Waals surface area contributed by atoms with E-state index < -0.39 is 5.60 Å². The first kappa shape index (κ1) is 11.3. The zero-order valence-electron chi connectivity index (χ0n) is 9.29. The molecule has 14 heavy (non-hydrogen) atoms. The van der Waals surface area contributed by atoms with Crippen LogP contribution in [0.4, 0.5) is 0 Å². The fraction of sp³-hybridized carbons (Fsp3) is 0.636. The van der Waals surface area contributed by atoms with E-state index in [9.17, 15) is 5.11 Å². The largest absolute Gasteiger partial charge is 0.472 e. The lowest BCUT2D eigenvalue weighted by atomic mass is 9.97. The average Bonchev–Trinajstić information content (AvgIpc) is 2.52. The van der Waals surface area contributed by atoms with E-state index >= 15 is 0 Å². The Morgan fingerprint density at radius 3 is 2.43 bits per heavy atom. The minimum atomic E-state index is -0.875. The molecule has 0 amide bonds. The molecule has 3 heteroatoms. The molecule has 1 aromatic heterocycles. The van der Waals surface area contributed by atoms with Gasteiger partial charge in [-0.2, -0.15) is 0 Å². The summed E-state index contributed by atoms with van der Waals surface area (Å²) < 4.78 is 4.95. The quantitative estimate of drug-likeness (QED) is 0.777. The van der Waals surface area contributed by atoms with Crippen molar-refractivity contribution in [1.82, 2.24) is 5.32 Å². The summed E-state index contributed by atoms with van der Waals surface area (Å²) in [6.45, 7) is 8.49. The number of furan rings is 1. The molecule has 0 aliphatic heterocycles. The molecule has 1 unspecified atom stereocenters. The van der Waals surface area contributed by atoms with Crippen LogP contribution in [0, 0.1) is 0 Å². The standard InChI is InChI=1S/C11H19NO2/c1-10(2,3)12-8-11(4,13)9-5-6-14-7-9/h5-7,12-13H,8H2,1-4H3. The Balaban J connectivity index is 2.59. The molecule has 3 nitrogen and oxygen atoms in total. The maximum absolute atomic E-state index is 10.1. The Bertz CT molecular complexity index is 270. The second kappa shape index (κ2) is 3.75. The molecule has 1 rings (SSSR count). The summed E-state index contributed by atoms with van der Waals surface area (Å²) in [5, 5.41) is 13.4. The van der Waals surface area contributed by atoms with Crippen molar-refractivity contribution >= 4 is 0 Å². The van der Waals surface area contributed by atoms with E-state index in [0.29, 0.717) is 6.54 Å². The van der Waals surface area contributed by atoms with E-state index in [1.54, 1.807) is 25.5 Å². The second-order valence-corrected chi connectivity index (χ2v) is 4.89. The van der Waals surface area contributed by atoms with Crippen LogP contribution in [-0.4, -0.2) is 17.2 Å². The maximum Gasteiger partial charge on any atom is 0.102 e. The van der Waals surface area contributed by atoms with Crippen molar-refractivity contribution in [2.24, 2.45) is 0 Å². The van der Waals surface area contributed by atoms with Crippen LogP contribution in [0.15, 0.2) is 23.0 Å². The number of hydrogen-bond donors (Lipinski definition) is 2. The zero-order valence-corrected chi connectivity index (χ0v) is 9.29. The van der Waals surface area contributed by atoms with Crippen LogP contribution in [0.25, 0.3) is 0 Å². The van der Waals surface area contributed by atoms with Crippen LogP contribution in [-0.2, 0) is 5.60 Å². The summed E-state index contributed by atoms with van der Waals surface area (Å²) in [6.07, 6.45) is 3.14. The molecule has 0 saturated heterocycles. The molecule has 0 fully saturated rings. The number of hydrogen-bond acceptors (Lipinski definition) is 3. The van der Waals surface area contributed by atoms with Crippen LogP contribution >= 0.6 is 0 Å². The normalized spacial score (nSPS) is 16.6. The topological polar surface area (TPSA) is 45.4 Å². The highest BCUT2D eigenvalue weighted by molar-refractivity contribution is 5.15. The number of aliphatic hydroxyl groups is 1. The van der Waals surface area contributed by atoms with E-state index in [0.717, 1.165) is 5.56 Å². The van der Waals surface area contributed by atoms with Gasteiger partial charge in [0.05, 0.1) is 12.5 Å². The third-order valence-corrected chi connectivity index (χ3v) is 2.11. The molecule has 0 saturated carbocycles. The van der Waals surface area contributed by atoms with Crippen LogP contribution < -0.4 is 5.32 Å². The molecule has 1 heterocycles. The van der Waals surface area contributed by atoms with Crippen LogP contribution in [0.3, 0.4) is 0 Å². The molecule has 1 aromatic rings. The Morgan fingerprint density at radius 2 is 2.00 bits per heavy atom. The monoisotopic (exact) mass is 197 g/mol. The van der Waals surface area contributed by atoms with Gasteiger partial charge in [-0.25, -0.2) is 0 Å². The van der Waals surface area contributed by atoms with Crippen molar-refractivity contribution in [3.63, 3.8) is 0 Å². The summed E-state index contributed by atoms with van der Waals surface area (Å²) in [6, 6.07) is 1.78. The third-order valence-electron chi connectivity index (χ3n) is 2.11. The maximum atomic E-state index is 10.1. The lowest BCUT2D eigenvalue weighted by Crippen LogP contribution is -2.44. The summed E-state index contributed by atoms with van der Waals surface area (Å²) in [7, 11) is 0. The van der Waals surface area contributed by atoms with E-state index in [-0.39, 0.29) is 5.54 Å². The van der Waals surface area contributed by atoms with Gasteiger partial charge < -0.3 is 14.8 Å². The van der Waals surface area contributed by atoms with Crippen molar-refractivity contribution in [3.05, 3.63) is 24.2 Å². The number of nitrogens with one attached hydrogen (secondary N) is 1. The molecule has 0 bridgehead atoms. The highest BCUT2D eigenvalue weighted by atomic mass is 16.3. The smallest absolute Gasteiger partial charge is 0.102 e. The van der Waals surface area contributed by atoms with Gasteiger partial charge in [-0.15, -0.1) is 0 Å². The molecule has 0 aliphatic rings. The van der Waals surface area contributed by atoms with E-state index in [1.807, 2.05) is 0 Å². The SMILES string of the molecule is CC(C)(C)NCC(C)(O)c1ccoc1. The van der Waals surface area contributed by atoms with E-state index in [1.165, 1.54) is 0 Å². The van der Waals surface area contributed by atoms with Crippen molar-refractivity contribution in [3.8, 4) is 0 Å². The Morgan fingerprint density at radius 1 is 1.36 bits per heavy atom. The van der Waals surface area contributed by atoms with Gasteiger partial charge in [0.1, 0.15) is 5.60 Å². The van der Waals surface area contributed by atoms with Gasteiger partial charge in [0.15, 0.2) is 0 Å². The first-order valence-corrected chi connectivity index (χ1v) is 4.81. The molecular weight excluding hydrogens is 178 g/mol. The zero-order chi connectivity index (χ0) is 10.8. The van der Waals surface area contributed by atoms with Gasteiger partial charge in [-0.3, -0.25) is 0 Å². The van der Waals surface area contributed by atoms with Crippen molar-refractivity contribution in [2.75, 3.05) is 6.54 Å². The third kappa shape index (κ3) is 3.16. The van der Waals surface area contributed by atoms with E-state index in [2.05, 4.69) is 26.1 Å². The van der Waals surface area contributed by atoms with Gasteiger partial charge in [-0.05, 0) is 33.8 Å². The second-order valence-electron chi connectivity index (χ2n) is 4.89. The van der Waals surface area contributed by atoms with Gasteiger partial charge in [-0.1, -0.05) is 0 Å². The highest BCUT2D eigenvalue weighted by Crippen LogP contribution is 2.20. The van der Waals surface area contributed by atoms with Crippen molar-refractivity contribution < 1.29 is 9.52 Å². The average molecular weight is 197 g/mol. The van der Waals surface area contributed by atoms with Crippen molar-refractivity contribution in [1.29, 1.82) is 0 Å². The Hall–Kier alpha value is -0.800. The first-order chi connectivity index (χ1) is 6.31. The summed E-state index contributed by atoms with van der Waals surface area (Å²) in [5.74, 6) is 0. The molecule has 0 aliphatic carbocycles. The minimum Gasteiger partial charge on any atom is -0.472 e. The first-order valence-electron chi connectivity index (χ1n) is 4.81. The van der Waals surface area contributed by atoms with Crippen molar-refractivity contribution in [2.45, 2.75) is 38.8 Å². The highest BCUT2D eigenvalue weighted by Gasteiger charge is 2.25. The summed E-state index contributed by atoms with van der Waals surface area (Å²) in [5.41, 5.74) is -0.0668. The van der Waals surface area contributed by atoms with Gasteiger partial charge in [0.25, 0.3) is 0 Å². The number of rotatable bonds is 3. The number of β-amino-alcohol motifs (C(OH)–C–C–N with tert-alkyl or cyclic N) is 1. The summed E-state index contributed by atoms with van der Waals surface area (Å²) in [4.78, 5) is 0. The molecular formula is C11H19NO2. The lowest BCUT2D eigenvalue weighted by molar-refractivity contribution is 0.0496. The van der Waals surface area contributed by atoms with Crippen LogP contribution in [0.1, 0.15) is 33.3 Å². The molecule has 1 atom stereocenters. The predicted octanol–water partition coefficient (Wildman–Crippen LogP) is 1.88.